The molecular weight excluding hydrogens is 188 g/mol. The van der Waals surface area contributed by atoms with Gasteiger partial charge in [0.05, 0.1) is 12.2 Å². The molecule has 84 valence electrons. The molecule has 0 amide bonds. The summed E-state index contributed by atoms with van der Waals surface area (Å²) in [5, 5.41) is 19.4. The third kappa shape index (κ3) is 4.45. The Hall–Kier alpha value is -0.860. The van der Waals surface area contributed by atoms with Crippen LogP contribution in [-0.2, 0) is 6.42 Å². The van der Waals surface area contributed by atoms with Crippen molar-refractivity contribution in [1.29, 1.82) is 0 Å². The first-order valence-electron chi connectivity index (χ1n) is 5.49. The lowest BCUT2D eigenvalue weighted by molar-refractivity contribution is 0.0538. The van der Waals surface area contributed by atoms with Crippen LogP contribution in [0.15, 0.2) is 30.3 Å². The predicted octanol–water partition coefficient (Wildman–Crippen LogP) is 2.00. The largest absolute Gasteiger partial charge is 0.393 e. The van der Waals surface area contributed by atoms with Crippen LogP contribution in [0.5, 0.6) is 0 Å². The van der Waals surface area contributed by atoms with Crippen LogP contribution in [0.2, 0.25) is 0 Å². The maximum atomic E-state index is 9.76. The maximum Gasteiger partial charge on any atom is 0.0605 e. The molecule has 0 unspecified atom stereocenters. The summed E-state index contributed by atoms with van der Waals surface area (Å²) in [5.41, 5.74) is 1.11. The van der Waals surface area contributed by atoms with Gasteiger partial charge < -0.3 is 10.2 Å². The fourth-order valence-electron chi connectivity index (χ4n) is 1.52. The quantitative estimate of drug-likeness (QED) is 0.777. The first-order chi connectivity index (χ1) is 7.09. The summed E-state index contributed by atoms with van der Waals surface area (Å²) in [4.78, 5) is 0. The molecule has 0 spiro atoms. The van der Waals surface area contributed by atoms with Gasteiger partial charge in [-0.25, -0.2) is 0 Å². The smallest absolute Gasteiger partial charge is 0.0605 e. The average Bonchev–Trinajstić information content (AvgIpc) is 2.18. The van der Waals surface area contributed by atoms with Gasteiger partial charge in [0.2, 0.25) is 0 Å². The van der Waals surface area contributed by atoms with Crippen LogP contribution < -0.4 is 0 Å². The zero-order valence-electron chi connectivity index (χ0n) is 9.43. The predicted molar refractivity (Wildman–Crippen MR) is 61.6 cm³/mol. The van der Waals surface area contributed by atoms with Crippen LogP contribution in [0, 0.1) is 5.92 Å². The average molecular weight is 208 g/mol. The fourth-order valence-corrected chi connectivity index (χ4v) is 1.52. The highest BCUT2D eigenvalue weighted by Gasteiger charge is 2.15. The van der Waals surface area contributed by atoms with E-state index in [0.29, 0.717) is 12.8 Å². The van der Waals surface area contributed by atoms with E-state index in [1.165, 1.54) is 0 Å². The van der Waals surface area contributed by atoms with E-state index in [1.54, 1.807) is 0 Å². The molecule has 0 aromatic heterocycles. The minimum atomic E-state index is -0.454. The van der Waals surface area contributed by atoms with Gasteiger partial charge in [0.15, 0.2) is 0 Å². The zero-order chi connectivity index (χ0) is 11.3. The summed E-state index contributed by atoms with van der Waals surface area (Å²) in [6, 6.07) is 9.86. The topological polar surface area (TPSA) is 40.5 Å². The molecule has 2 atom stereocenters. The van der Waals surface area contributed by atoms with Crippen LogP contribution in [-0.4, -0.2) is 22.4 Å². The van der Waals surface area contributed by atoms with E-state index in [9.17, 15) is 10.2 Å². The van der Waals surface area contributed by atoms with Gasteiger partial charge in [0, 0.05) is 0 Å². The monoisotopic (exact) mass is 208 g/mol. The van der Waals surface area contributed by atoms with Crippen LogP contribution in [0.1, 0.15) is 25.8 Å². The minimum absolute atomic E-state index is 0.204. The molecule has 0 aliphatic rings. The second-order valence-electron chi connectivity index (χ2n) is 4.39. The summed E-state index contributed by atoms with van der Waals surface area (Å²) in [6.45, 7) is 3.92. The molecule has 0 heterocycles. The lowest BCUT2D eigenvalue weighted by Gasteiger charge is -2.18. The van der Waals surface area contributed by atoms with Gasteiger partial charge in [-0.1, -0.05) is 44.2 Å². The van der Waals surface area contributed by atoms with E-state index in [1.807, 2.05) is 44.2 Å². The van der Waals surface area contributed by atoms with Crippen LogP contribution in [0.4, 0.5) is 0 Å². The fraction of sp³-hybridized carbons (Fsp3) is 0.538. The molecule has 2 nitrogen and oxygen atoms in total. The van der Waals surface area contributed by atoms with E-state index < -0.39 is 12.2 Å². The van der Waals surface area contributed by atoms with Gasteiger partial charge in [0.1, 0.15) is 0 Å². The number of rotatable bonds is 5. The van der Waals surface area contributed by atoms with E-state index >= 15 is 0 Å². The summed E-state index contributed by atoms with van der Waals surface area (Å²) >= 11 is 0. The van der Waals surface area contributed by atoms with E-state index in [-0.39, 0.29) is 5.92 Å². The summed E-state index contributed by atoms with van der Waals surface area (Å²) in [6.07, 6.45) is 0.200. The lowest BCUT2D eigenvalue weighted by atomic mass is 9.97. The van der Waals surface area contributed by atoms with Crippen molar-refractivity contribution in [2.45, 2.75) is 38.9 Å². The Morgan fingerprint density at radius 3 is 2.20 bits per heavy atom. The SMILES string of the molecule is CC(C)[C@@H](O)C[C@@H](O)Cc1ccccc1. The number of hydrogen-bond acceptors (Lipinski definition) is 2. The first-order valence-corrected chi connectivity index (χ1v) is 5.49. The third-order valence-corrected chi connectivity index (χ3v) is 2.60. The number of aliphatic hydroxyl groups excluding tert-OH is 2. The minimum Gasteiger partial charge on any atom is -0.393 e. The van der Waals surface area contributed by atoms with Gasteiger partial charge in [-0.05, 0) is 24.3 Å². The molecule has 15 heavy (non-hydrogen) atoms. The van der Waals surface area contributed by atoms with Crippen molar-refractivity contribution in [2.24, 2.45) is 5.92 Å². The van der Waals surface area contributed by atoms with Crippen LogP contribution >= 0.6 is 0 Å². The Kier molecular flexibility index (Phi) is 4.79. The highest BCUT2D eigenvalue weighted by atomic mass is 16.3. The zero-order valence-corrected chi connectivity index (χ0v) is 9.43. The van der Waals surface area contributed by atoms with Crippen molar-refractivity contribution in [2.75, 3.05) is 0 Å². The first kappa shape index (κ1) is 12.2. The standard InChI is InChI=1S/C13H20O2/c1-10(2)13(15)9-12(14)8-11-6-4-3-5-7-11/h3-7,10,12-15H,8-9H2,1-2H3/t12-,13-/m0/s1. The van der Waals surface area contributed by atoms with Crippen molar-refractivity contribution < 1.29 is 10.2 Å². The highest BCUT2D eigenvalue weighted by molar-refractivity contribution is 5.15. The van der Waals surface area contributed by atoms with Gasteiger partial charge in [-0.15, -0.1) is 0 Å². The summed E-state index contributed by atoms with van der Waals surface area (Å²) in [7, 11) is 0. The van der Waals surface area contributed by atoms with Crippen molar-refractivity contribution in [1.82, 2.24) is 0 Å². The Balaban J connectivity index is 2.39. The van der Waals surface area contributed by atoms with E-state index in [0.717, 1.165) is 5.56 Å². The molecule has 1 aromatic carbocycles. The normalized spacial score (nSPS) is 15.3. The van der Waals surface area contributed by atoms with Crippen LogP contribution in [0.3, 0.4) is 0 Å². The molecule has 0 radical (unpaired) electrons. The Morgan fingerprint density at radius 1 is 1.07 bits per heavy atom. The van der Waals surface area contributed by atoms with E-state index in [4.69, 9.17) is 0 Å². The number of benzene rings is 1. The van der Waals surface area contributed by atoms with Crippen molar-refractivity contribution in [3.8, 4) is 0 Å². The number of aliphatic hydroxyl groups is 2. The summed E-state index contributed by atoms with van der Waals surface area (Å²) in [5.74, 6) is 0.204. The summed E-state index contributed by atoms with van der Waals surface area (Å²) < 4.78 is 0. The van der Waals surface area contributed by atoms with Crippen LogP contribution in [0.25, 0.3) is 0 Å². The van der Waals surface area contributed by atoms with Crippen molar-refractivity contribution in [3.63, 3.8) is 0 Å². The maximum absolute atomic E-state index is 9.76. The molecule has 2 heteroatoms. The van der Waals surface area contributed by atoms with Crippen molar-refractivity contribution >= 4 is 0 Å². The van der Waals surface area contributed by atoms with Gasteiger partial charge in [-0.2, -0.15) is 0 Å². The molecule has 0 fully saturated rings. The number of hydrogen-bond donors (Lipinski definition) is 2. The highest BCUT2D eigenvalue weighted by Crippen LogP contribution is 2.12. The van der Waals surface area contributed by atoms with Gasteiger partial charge in [-0.3, -0.25) is 0 Å². The Morgan fingerprint density at radius 2 is 1.67 bits per heavy atom. The molecule has 0 aliphatic carbocycles. The van der Waals surface area contributed by atoms with Gasteiger partial charge >= 0.3 is 0 Å². The van der Waals surface area contributed by atoms with Crippen molar-refractivity contribution in [3.05, 3.63) is 35.9 Å². The molecule has 0 aliphatic heterocycles. The molecule has 1 rings (SSSR count). The Bertz CT molecular complexity index is 269. The molecule has 0 saturated carbocycles. The lowest BCUT2D eigenvalue weighted by Crippen LogP contribution is -2.23. The molecule has 2 N–H and O–H groups in total. The molecular formula is C13H20O2. The second kappa shape index (κ2) is 5.89. The van der Waals surface area contributed by atoms with E-state index in [2.05, 4.69) is 0 Å². The second-order valence-corrected chi connectivity index (χ2v) is 4.39. The molecule has 0 bridgehead atoms. The Labute approximate surface area is 91.6 Å². The molecule has 1 aromatic rings. The third-order valence-electron chi connectivity index (χ3n) is 2.60. The van der Waals surface area contributed by atoms with Gasteiger partial charge in [0.25, 0.3) is 0 Å². The molecule has 0 saturated heterocycles.